The van der Waals surface area contributed by atoms with Crippen LogP contribution in [0.3, 0.4) is 0 Å². The third kappa shape index (κ3) is 4.11. The molecule has 0 aliphatic heterocycles. The van der Waals surface area contributed by atoms with Gasteiger partial charge in [-0.25, -0.2) is 0 Å². The van der Waals surface area contributed by atoms with Crippen molar-refractivity contribution in [2.24, 2.45) is 0 Å². The zero-order valence-corrected chi connectivity index (χ0v) is 10.8. The summed E-state index contributed by atoms with van der Waals surface area (Å²) >= 11 is 4.05. The zero-order chi connectivity index (χ0) is 12.8. The van der Waals surface area contributed by atoms with E-state index in [0.717, 1.165) is 11.3 Å². The van der Waals surface area contributed by atoms with Crippen LogP contribution in [0.1, 0.15) is 12.5 Å². The van der Waals surface area contributed by atoms with Crippen LogP contribution in [0.2, 0.25) is 0 Å². The molecule has 0 saturated heterocycles. The molecule has 17 heavy (non-hydrogen) atoms. The van der Waals surface area contributed by atoms with Crippen LogP contribution >= 0.6 is 12.6 Å². The summed E-state index contributed by atoms with van der Waals surface area (Å²) in [4.78, 5) is 22.8. The van der Waals surface area contributed by atoms with E-state index in [0.29, 0.717) is 0 Å². The minimum Gasteiger partial charge on any atom is -0.344 e. The zero-order valence-electron chi connectivity index (χ0n) is 9.86. The summed E-state index contributed by atoms with van der Waals surface area (Å²) in [7, 11) is 0. The fourth-order valence-corrected chi connectivity index (χ4v) is 1.63. The van der Waals surface area contributed by atoms with Crippen molar-refractivity contribution in [2.75, 3.05) is 11.1 Å². The summed E-state index contributed by atoms with van der Waals surface area (Å²) in [6, 6.07) is 6.85. The lowest BCUT2D eigenvalue weighted by Gasteiger charge is -2.16. The number of benzene rings is 1. The van der Waals surface area contributed by atoms with Crippen molar-refractivity contribution >= 4 is 30.1 Å². The third-order valence-corrected chi connectivity index (χ3v) is 2.64. The summed E-state index contributed by atoms with van der Waals surface area (Å²) in [5.41, 5.74) is 1.72. The molecule has 1 aromatic rings. The first-order chi connectivity index (χ1) is 8.04. The second-order valence-corrected chi connectivity index (χ2v) is 4.11. The Kier molecular flexibility index (Phi) is 5.03. The molecule has 5 heteroatoms. The second-order valence-electron chi connectivity index (χ2n) is 3.74. The number of anilines is 1. The van der Waals surface area contributed by atoms with Crippen LogP contribution in [0.25, 0.3) is 0 Å². The predicted octanol–water partition coefficient (Wildman–Crippen LogP) is 1.37. The van der Waals surface area contributed by atoms with Crippen molar-refractivity contribution in [2.45, 2.75) is 19.9 Å². The van der Waals surface area contributed by atoms with Crippen LogP contribution in [0.15, 0.2) is 24.3 Å². The van der Waals surface area contributed by atoms with Crippen molar-refractivity contribution in [3.63, 3.8) is 0 Å². The van der Waals surface area contributed by atoms with E-state index in [4.69, 9.17) is 0 Å². The lowest BCUT2D eigenvalue weighted by Crippen LogP contribution is -2.44. The van der Waals surface area contributed by atoms with Crippen LogP contribution < -0.4 is 10.6 Å². The number of para-hydroxylation sites is 1. The molecule has 92 valence electrons. The Balaban J connectivity index is 2.71. The Bertz CT molecular complexity index is 421. The van der Waals surface area contributed by atoms with Gasteiger partial charge in [-0.2, -0.15) is 12.6 Å². The van der Waals surface area contributed by atoms with Crippen LogP contribution in [0.4, 0.5) is 5.69 Å². The summed E-state index contributed by atoms with van der Waals surface area (Å²) in [5.74, 6) is -0.245. The van der Waals surface area contributed by atoms with Gasteiger partial charge in [0.1, 0.15) is 6.04 Å². The highest BCUT2D eigenvalue weighted by atomic mass is 32.1. The number of aryl methyl sites for hydroxylation is 1. The van der Waals surface area contributed by atoms with Gasteiger partial charge in [-0.05, 0) is 18.6 Å². The molecule has 0 bridgehead atoms. The van der Waals surface area contributed by atoms with Crippen LogP contribution in [0.5, 0.6) is 0 Å². The Morgan fingerprint density at radius 2 is 2.00 bits per heavy atom. The minimum atomic E-state index is -0.615. The summed E-state index contributed by atoms with van der Waals surface area (Å²) in [6.45, 7) is 3.28. The average molecular weight is 252 g/mol. The molecule has 0 radical (unpaired) electrons. The maximum Gasteiger partial charge on any atom is 0.247 e. The van der Waals surface area contributed by atoms with Crippen LogP contribution in [-0.4, -0.2) is 23.6 Å². The van der Waals surface area contributed by atoms with Crippen LogP contribution in [-0.2, 0) is 9.59 Å². The number of amides is 2. The number of nitrogens with one attached hydrogen (secondary N) is 2. The van der Waals surface area contributed by atoms with E-state index < -0.39 is 6.04 Å². The van der Waals surface area contributed by atoms with E-state index in [2.05, 4.69) is 23.3 Å². The second kappa shape index (κ2) is 6.30. The number of hydrogen-bond donors (Lipinski definition) is 3. The SMILES string of the molecule is CC(=O)NC(CS)C(=O)Nc1ccccc1C. The smallest absolute Gasteiger partial charge is 0.247 e. The van der Waals surface area contributed by atoms with E-state index in [1.54, 1.807) is 0 Å². The van der Waals surface area contributed by atoms with Crippen molar-refractivity contribution < 1.29 is 9.59 Å². The standard InChI is InChI=1S/C12H16N2O2S/c1-8-5-3-4-6-10(8)14-12(16)11(7-17)13-9(2)15/h3-6,11,17H,7H2,1-2H3,(H,13,15)(H,14,16). The van der Waals surface area contributed by atoms with E-state index >= 15 is 0 Å². The maximum absolute atomic E-state index is 11.9. The fourth-order valence-electron chi connectivity index (χ4n) is 1.37. The van der Waals surface area contributed by atoms with Gasteiger partial charge in [-0.3, -0.25) is 9.59 Å². The first-order valence-corrected chi connectivity index (χ1v) is 5.92. The Morgan fingerprint density at radius 1 is 1.35 bits per heavy atom. The molecule has 1 atom stereocenters. The van der Waals surface area contributed by atoms with Gasteiger partial charge in [0.25, 0.3) is 0 Å². The van der Waals surface area contributed by atoms with Crippen LogP contribution in [0, 0.1) is 6.92 Å². The minimum absolute atomic E-state index is 0.246. The Morgan fingerprint density at radius 3 is 2.53 bits per heavy atom. The van der Waals surface area contributed by atoms with Gasteiger partial charge < -0.3 is 10.6 Å². The maximum atomic E-state index is 11.9. The van der Waals surface area contributed by atoms with E-state index in [-0.39, 0.29) is 17.6 Å². The molecule has 2 N–H and O–H groups in total. The van der Waals surface area contributed by atoms with Gasteiger partial charge in [0.2, 0.25) is 11.8 Å². The first-order valence-electron chi connectivity index (χ1n) is 5.29. The molecular formula is C12H16N2O2S. The van der Waals surface area contributed by atoms with Gasteiger partial charge in [0, 0.05) is 18.4 Å². The molecule has 1 aromatic carbocycles. The Hall–Kier alpha value is -1.49. The molecule has 0 spiro atoms. The number of carbonyl (C=O) groups excluding carboxylic acids is 2. The number of rotatable bonds is 4. The number of hydrogen-bond acceptors (Lipinski definition) is 3. The van der Waals surface area contributed by atoms with Crippen molar-refractivity contribution in [3.05, 3.63) is 29.8 Å². The van der Waals surface area contributed by atoms with Crippen molar-refractivity contribution in [1.82, 2.24) is 5.32 Å². The monoisotopic (exact) mass is 252 g/mol. The van der Waals surface area contributed by atoms with E-state index in [1.807, 2.05) is 31.2 Å². The fraction of sp³-hybridized carbons (Fsp3) is 0.333. The molecule has 2 amide bonds. The number of thiol groups is 1. The average Bonchev–Trinajstić information content (AvgIpc) is 2.28. The third-order valence-electron chi connectivity index (χ3n) is 2.28. The highest BCUT2D eigenvalue weighted by Crippen LogP contribution is 2.13. The molecule has 0 heterocycles. The highest BCUT2D eigenvalue weighted by molar-refractivity contribution is 7.80. The van der Waals surface area contributed by atoms with Crippen molar-refractivity contribution in [1.29, 1.82) is 0 Å². The molecule has 1 rings (SSSR count). The normalized spacial score (nSPS) is 11.7. The van der Waals surface area contributed by atoms with Gasteiger partial charge in [0.15, 0.2) is 0 Å². The Labute approximate surface area is 106 Å². The summed E-state index contributed by atoms with van der Waals surface area (Å²) in [6.07, 6.45) is 0. The molecule has 0 aliphatic carbocycles. The molecular weight excluding hydrogens is 236 g/mol. The quantitative estimate of drug-likeness (QED) is 0.709. The van der Waals surface area contributed by atoms with Gasteiger partial charge in [-0.1, -0.05) is 18.2 Å². The first kappa shape index (κ1) is 13.6. The topological polar surface area (TPSA) is 58.2 Å². The van der Waals surface area contributed by atoms with Gasteiger partial charge in [0.05, 0.1) is 0 Å². The lowest BCUT2D eigenvalue weighted by atomic mass is 10.2. The molecule has 0 saturated carbocycles. The molecule has 4 nitrogen and oxygen atoms in total. The van der Waals surface area contributed by atoms with Gasteiger partial charge in [-0.15, -0.1) is 0 Å². The number of carbonyl (C=O) groups is 2. The van der Waals surface area contributed by atoms with E-state index in [9.17, 15) is 9.59 Å². The predicted molar refractivity (Wildman–Crippen MR) is 71.3 cm³/mol. The molecule has 0 aliphatic rings. The van der Waals surface area contributed by atoms with E-state index in [1.165, 1.54) is 6.92 Å². The summed E-state index contributed by atoms with van der Waals surface area (Å²) in [5, 5.41) is 5.31. The van der Waals surface area contributed by atoms with Gasteiger partial charge >= 0.3 is 0 Å². The molecule has 0 aromatic heterocycles. The molecule has 1 unspecified atom stereocenters. The molecule has 0 fully saturated rings. The highest BCUT2D eigenvalue weighted by Gasteiger charge is 2.17. The summed E-state index contributed by atoms with van der Waals surface area (Å²) < 4.78 is 0. The van der Waals surface area contributed by atoms with Crippen molar-refractivity contribution in [3.8, 4) is 0 Å². The lowest BCUT2D eigenvalue weighted by molar-refractivity contribution is -0.124. The largest absolute Gasteiger partial charge is 0.344 e.